The van der Waals surface area contributed by atoms with E-state index in [9.17, 15) is 0 Å². The molecule has 4 nitrogen and oxygen atoms in total. The number of rotatable bonds is 2. The summed E-state index contributed by atoms with van der Waals surface area (Å²) in [4.78, 5) is 0. The first-order valence-corrected chi connectivity index (χ1v) is 7.51. The molecule has 2 aromatic carbocycles. The van der Waals surface area contributed by atoms with E-state index in [4.69, 9.17) is 9.47 Å². The van der Waals surface area contributed by atoms with E-state index in [1.165, 1.54) is 5.56 Å². The number of nitrogens with zero attached hydrogens (tertiary/aromatic N) is 1. The average Bonchev–Trinajstić information content (AvgIpc) is 2.59. The summed E-state index contributed by atoms with van der Waals surface area (Å²) in [5.74, 6) is 2.15. The van der Waals surface area contributed by atoms with Crippen LogP contribution in [-0.4, -0.2) is 11.9 Å². The summed E-state index contributed by atoms with van der Waals surface area (Å²) in [5, 5.41) is 4.32. The smallest absolute Gasteiger partial charge is 0.243 e. The second-order valence-electron chi connectivity index (χ2n) is 5.50. The maximum absolute atomic E-state index is 5.89. The Morgan fingerprint density at radius 3 is 2.61 bits per heavy atom. The predicted molar refractivity (Wildman–Crippen MR) is 90.4 cm³/mol. The highest BCUT2D eigenvalue weighted by atomic mass is 16.6. The van der Waals surface area contributed by atoms with Crippen LogP contribution in [0.5, 0.6) is 11.5 Å². The summed E-state index contributed by atoms with van der Waals surface area (Å²) in [6.45, 7) is 2.07. The van der Waals surface area contributed by atoms with Gasteiger partial charge >= 0.3 is 0 Å². The van der Waals surface area contributed by atoms with E-state index in [0.717, 1.165) is 22.8 Å². The molecule has 2 aromatic rings. The highest BCUT2D eigenvalue weighted by Gasteiger charge is 2.28. The Balaban J connectivity index is 1.54. The molecule has 0 amide bonds. The summed E-state index contributed by atoms with van der Waals surface area (Å²) in [7, 11) is 0. The molecule has 2 heterocycles. The molecule has 0 fully saturated rings. The van der Waals surface area contributed by atoms with Crippen LogP contribution in [0.2, 0.25) is 0 Å². The molecule has 114 valence electrons. The van der Waals surface area contributed by atoms with Crippen LogP contribution < -0.4 is 14.9 Å². The summed E-state index contributed by atoms with van der Waals surface area (Å²) in [6, 6.07) is 15.9. The Labute approximate surface area is 134 Å². The van der Waals surface area contributed by atoms with E-state index in [1.807, 2.05) is 42.5 Å². The summed E-state index contributed by atoms with van der Waals surface area (Å²) >= 11 is 0. The molecule has 1 N–H and O–H groups in total. The van der Waals surface area contributed by atoms with Gasteiger partial charge in [0.15, 0.2) is 17.3 Å². The summed E-state index contributed by atoms with van der Waals surface area (Å²) in [5.41, 5.74) is 6.15. The maximum atomic E-state index is 5.89. The van der Waals surface area contributed by atoms with Gasteiger partial charge in [0.25, 0.3) is 0 Å². The first-order valence-electron chi connectivity index (χ1n) is 7.51. The van der Waals surface area contributed by atoms with E-state index >= 15 is 0 Å². The molecule has 1 atom stereocenters. The normalized spacial score (nSPS) is 18.7. The first-order chi connectivity index (χ1) is 11.3. The molecule has 0 spiro atoms. The second kappa shape index (κ2) is 5.65. The summed E-state index contributed by atoms with van der Waals surface area (Å²) < 4.78 is 11.7. The van der Waals surface area contributed by atoms with Crippen molar-refractivity contribution in [2.24, 2.45) is 5.10 Å². The zero-order valence-corrected chi connectivity index (χ0v) is 12.7. The SMILES string of the molecule is Cc1ccc(/C=C/C2=NNC3Oc4ccccc4OC3=C2)cc1. The highest BCUT2D eigenvalue weighted by Crippen LogP contribution is 2.34. The van der Waals surface area contributed by atoms with E-state index in [-0.39, 0.29) is 6.23 Å². The van der Waals surface area contributed by atoms with Crippen molar-refractivity contribution in [3.63, 3.8) is 0 Å². The van der Waals surface area contributed by atoms with E-state index in [0.29, 0.717) is 5.76 Å². The molecular formula is C19H16N2O2. The van der Waals surface area contributed by atoms with Crippen molar-refractivity contribution < 1.29 is 9.47 Å². The van der Waals surface area contributed by atoms with Crippen LogP contribution in [0, 0.1) is 6.92 Å². The molecule has 4 heteroatoms. The van der Waals surface area contributed by atoms with Crippen molar-refractivity contribution in [3.05, 3.63) is 77.6 Å². The van der Waals surface area contributed by atoms with Gasteiger partial charge in [-0.2, -0.15) is 5.10 Å². The maximum Gasteiger partial charge on any atom is 0.243 e. The van der Waals surface area contributed by atoms with Crippen LogP contribution in [0.15, 0.2) is 71.5 Å². The Morgan fingerprint density at radius 2 is 1.78 bits per heavy atom. The van der Waals surface area contributed by atoms with Gasteiger partial charge in [0.1, 0.15) is 0 Å². The Morgan fingerprint density at radius 1 is 1.00 bits per heavy atom. The van der Waals surface area contributed by atoms with Gasteiger partial charge in [-0.05, 0) is 30.7 Å². The van der Waals surface area contributed by atoms with Crippen LogP contribution in [0.1, 0.15) is 11.1 Å². The largest absolute Gasteiger partial charge is 0.458 e. The third-order valence-electron chi connectivity index (χ3n) is 3.71. The minimum atomic E-state index is -0.374. The number of aryl methyl sites for hydroxylation is 1. The topological polar surface area (TPSA) is 42.9 Å². The molecule has 0 bridgehead atoms. The number of hydrazone groups is 1. The molecule has 0 aliphatic carbocycles. The van der Waals surface area contributed by atoms with Crippen molar-refractivity contribution in [1.82, 2.24) is 5.43 Å². The third kappa shape index (κ3) is 2.83. The van der Waals surface area contributed by atoms with Crippen molar-refractivity contribution >= 4 is 11.8 Å². The number of hydrogen-bond donors (Lipinski definition) is 1. The second-order valence-corrected chi connectivity index (χ2v) is 5.50. The molecule has 23 heavy (non-hydrogen) atoms. The lowest BCUT2D eigenvalue weighted by Crippen LogP contribution is -2.40. The quantitative estimate of drug-likeness (QED) is 0.921. The molecule has 2 aliphatic rings. The van der Waals surface area contributed by atoms with Crippen LogP contribution >= 0.6 is 0 Å². The van der Waals surface area contributed by atoms with E-state index < -0.39 is 0 Å². The number of benzene rings is 2. The molecule has 0 aromatic heterocycles. The van der Waals surface area contributed by atoms with Gasteiger partial charge in [-0.3, -0.25) is 5.43 Å². The predicted octanol–water partition coefficient (Wildman–Crippen LogP) is 3.65. The minimum absolute atomic E-state index is 0.374. The number of nitrogens with one attached hydrogen (secondary N) is 1. The Hall–Kier alpha value is -3.01. The lowest BCUT2D eigenvalue weighted by molar-refractivity contribution is 0.118. The number of fused-ring (bicyclic) bond motifs is 2. The van der Waals surface area contributed by atoms with Gasteiger partial charge in [-0.1, -0.05) is 48.0 Å². The fraction of sp³-hybridized carbons (Fsp3) is 0.105. The third-order valence-corrected chi connectivity index (χ3v) is 3.71. The van der Waals surface area contributed by atoms with Crippen molar-refractivity contribution in [2.75, 3.05) is 0 Å². The zero-order valence-electron chi connectivity index (χ0n) is 12.7. The molecule has 2 aliphatic heterocycles. The standard InChI is InChI=1S/C19H16N2O2/c1-13-6-8-14(9-7-13)10-11-15-12-18-19(21-20-15)23-17-5-3-2-4-16(17)22-18/h2-12,19,21H,1H3/b11-10+. The molecule has 1 unspecified atom stereocenters. The van der Waals surface area contributed by atoms with Gasteiger partial charge in [0.05, 0.1) is 5.71 Å². The Bertz CT molecular complexity index is 820. The molecular weight excluding hydrogens is 288 g/mol. The lowest BCUT2D eigenvalue weighted by atomic mass is 10.1. The lowest BCUT2D eigenvalue weighted by Gasteiger charge is -2.30. The molecule has 0 saturated heterocycles. The van der Waals surface area contributed by atoms with Gasteiger partial charge in [0.2, 0.25) is 6.23 Å². The highest BCUT2D eigenvalue weighted by molar-refractivity contribution is 6.07. The van der Waals surface area contributed by atoms with Crippen molar-refractivity contribution in [3.8, 4) is 11.5 Å². The first kappa shape index (κ1) is 13.6. The fourth-order valence-corrected chi connectivity index (χ4v) is 2.45. The van der Waals surface area contributed by atoms with E-state index in [1.54, 1.807) is 0 Å². The number of allylic oxidation sites excluding steroid dienone is 2. The zero-order chi connectivity index (χ0) is 15.6. The Kier molecular flexibility index (Phi) is 3.35. The number of ether oxygens (including phenoxy) is 2. The average molecular weight is 304 g/mol. The molecule has 4 rings (SSSR count). The van der Waals surface area contributed by atoms with Gasteiger partial charge in [0, 0.05) is 6.08 Å². The fourth-order valence-electron chi connectivity index (χ4n) is 2.45. The molecule has 0 saturated carbocycles. The van der Waals surface area contributed by atoms with Gasteiger partial charge < -0.3 is 9.47 Å². The van der Waals surface area contributed by atoms with Crippen molar-refractivity contribution in [1.29, 1.82) is 0 Å². The minimum Gasteiger partial charge on any atom is -0.458 e. The molecule has 0 radical (unpaired) electrons. The van der Waals surface area contributed by atoms with Crippen LogP contribution in [0.25, 0.3) is 6.08 Å². The van der Waals surface area contributed by atoms with E-state index in [2.05, 4.69) is 41.7 Å². The van der Waals surface area contributed by atoms with Gasteiger partial charge in [-0.15, -0.1) is 0 Å². The number of hydrogen-bond acceptors (Lipinski definition) is 4. The van der Waals surface area contributed by atoms with Crippen LogP contribution in [0.3, 0.4) is 0 Å². The number of para-hydroxylation sites is 2. The van der Waals surface area contributed by atoms with Gasteiger partial charge in [-0.25, -0.2) is 0 Å². The van der Waals surface area contributed by atoms with Crippen LogP contribution in [-0.2, 0) is 0 Å². The van der Waals surface area contributed by atoms with Crippen LogP contribution in [0.4, 0.5) is 0 Å². The monoisotopic (exact) mass is 304 g/mol. The summed E-state index contributed by atoms with van der Waals surface area (Å²) in [6.07, 6.45) is 5.49. The van der Waals surface area contributed by atoms with Crippen molar-refractivity contribution in [2.45, 2.75) is 13.2 Å².